The molecule has 2 aliphatic rings. The molecule has 8 heteroatoms. The fourth-order valence-electron chi connectivity index (χ4n) is 4.62. The molecule has 0 saturated heterocycles. The fraction of sp³-hybridized carbons (Fsp3) is 0.409. The summed E-state index contributed by atoms with van der Waals surface area (Å²) in [5.41, 5.74) is 2.18. The third-order valence-electron chi connectivity index (χ3n) is 6.11. The molecule has 1 saturated carbocycles. The van der Waals surface area contributed by atoms with E-state index in [1.165, 1.54) is 0 Å². The maximum atomic E-state index is 13.3. The fourth-order valence-corrected chi connectivity index (χ4v) is 4.62. The van der Waals surface area contributed by atoms with Gasteiger partial charge < -0.3 is 14.2 Å². The first-order valence-corrected chi connectivity index (χ1v) is 10.3. The highest BCUT2D eigenvalue weighted by Gasteiger charge is 2.41. The second kappa shape index (κ2) is 7.51. The second-order valence-corrected chi connectivity index (χ2v) is 7.93. The van der Waals surface area contributed by atoms with Crippen LogP contribution in [0.4, 0.5) is 0 Å². The van der Waals surface area contributed by atoms with E-state index >= 15 is 0 Å². The first-order valence-electron chi connectivity index (χ1n) is 10.3. The van der Waals surface area contributed by atoms with Gasteiger partial charge in [0.2, 0.25) is 0 Å². The van der Waals surface area contributed by atoms with Crippen LogP contribution in [0.25, 0.3) is 11.4 Å². The van der Waals surface area contributed by atoms with Crippen molar-refractivity contribution < 1.29 is 9.53 Å². The van der Waals surface area contributed by atoms with Gasteiger partial charge in [-0.2, -0.15) is 0 Å². The van der Waals surface area contributed by atoms with E-state index in [0.29, 0.717) is 12.2 Å². The Balaban J connectivity index is 1.52. The first kappa shape index (κ1) is 18.7. The maximum absolute atomic E-state index is 13.3. The van der Waals surface area contributed by atoms with Crippen molar-refractivity contribution in [2.45, 2.75) is 51.2 Å². The predicted molar refractivity (Wildman–Crippen MR) is 110 cm³/mol. The minimum absolute atomic E-state index is 0.0837. The zero-order valence-corrected chi connectivity index (χ0v) is 17.2. The van der Waals surface area contributed by atoms with Gasteiger partial charge in [-0.3, -0.25) is 9.78 Å². The zero-order chi connectivity index (χ0) is 20.7. The summed E-state index contributed by atoms with van der Waals surface area (Å²) in [6, 6.07) is 8.15. The van der Waals surface area contributed by atoms with E-state index in [4.69, 9.17) is 4.74 Å². The summed E-state index contributed by atoms with van der Waals surface area (Å²) in [5, 5.41) is 8.96. The standard InChI is InChI=1S/C22H24N6O2/c1-14-11-24-17(12-23-14)22(29)27-13-20-25-26-21(15-7-9-16(30-2)10-8-15)28(20)19-6-4-3-5-18(19)27/h7-12,18-19H,3-6,13H2,1-2H3/t18-,19+/m0/s1. The number of methoxy groups -OCH3 is 1. The molecule has 3 aromatic rings. The lowest BCUT2D eigenvalue weighted by atomic mass is 9.87. The van der Waals surface area contributed by atoms with Gasteiger partial charge in [0.1, 0.15) is 11.4 Å². The van der Waals surface area contributed by atoms with E-state index in [0.717, 1.165) is 54.3 Å². The van der Waals surface area contributed by atoms with Crippen LogP contribution in [0.5, 0.6) is 5.75 Å². The summed E-state index contributed by atoms with van der Waals surface area (Å²) in [6.45, 7) is 2.29. The number of carbonyl (C=O) groups excluding carboxylic acids is 1. The minimum Gasteiger partial charge on any atom is -0.497 e. The van der Waals surface area contributed by atoms with Crippen molar-refractivity contribution in [3.63, 3.8) is 0 Å². The smallest absolute Gasteiger partial charge is 0.274 e. The van der Waals surface area contributed by atoms with Gasteiger partial charge in [0.15, 0.2) is 11.6 Å². The van der Waals surface area contributed by atoms with Gasteiger partial charge >= 0.3 is 0 Å². The van der Waals surface area contributed by atoms with Gasteiger partial charge in [0.05, 0.1) is 37.6 Å². The molecule has 2 aromatic heterocycles. The highest BCUT2D eigenvalue weighted by atomic mass is 16.5. The Morgan fingerprint density at radius 3 is 2.50 bits per heavy atom. The number of aromatic nitrogens is 5. The van der Waals surface area contributed by atoms with Crippen LogP contribution in [-0.2, 0) is 6.54 Å². The third-order valence-corrected chi connectivity index (χ3v) is 6.11. The van der Waals surface area contributed by atoms with Crippen LogP contribution in [0.1, 0.15) is 53.7 Å². The van der Waals surface area contributed by atoms with Crippen LogP contribution in [-0.4, -0.2) is 48.7 Å². The van der Waals surface area contributed by atoms with Crippen molar-refractivity contribution in [2.24, 2.45) is 0 Å². The Bertz CT molecular complexity index is 1060. The number of ether oxygens (including phenoxy) is 1. The summed E-state index contributed by atoms with van der Waals surface area (Å²) in [5.74, 6) is 2.40. The van der Waals surface area contributed by atoms with Gasteiger partial charge in [0, 0.05) is 11.8 Å². The van der Waals surface area contributed by atoms with Crippen molar-refractivity contribution >= 4 is 5.91 Å². The SMILES string of the molecule is COc1ccc(-c2nnc3n2[C@@H]2CCCC[C@@H]2N(C(=O)c2cnc(C)cn2)C3)cc1. The average Bonchev–Trinajstić information content (AvgIpc) is 3.23. The van der Waals surface area contributed by atoms with Gasteiger partial charge in [-0.05, 0) is 44.0 Å². The Hall–Kier alpha value is -3.29. The lowest BCUT2D eigenvalue weighted by molar-refractivity contribution is 0.0414. The normalized spacial score (nSPS) is 20.4. The molecule has 2 atom stereocenters. The number of carbonyl (C=O) groups is 1. The molecule has 1 fully saturated rings. The van der Waals surface area contributed by atoms with Crippen LogP contribution < -0.4 is 4.74 Å². The number of benzene rings is 1. The molecular weight excluding hydrogens is 380 g/mol. The van der Waals surface area contributed by atoms with E-state index in [9.17, 15) is 4.79 Å². The average molecular weight is 404 g/mol. The molecule has 3 heterocycles. The van der Waals surface area contributed by atoms with Gasteiger partial charge in [-0.15, -0.1) is 10.2 Å². The largest absolute Gasteiger partial charge is 0.497 e. The van der Waals surface area contributed by atoms with Gasteiger partial charge in [-0.25, -0.2) is 4.98 Å². The Morgan fingerprint density at radius 2 is 1.80 bits per heavy atom. The Kier molecular flexibility index (Phi) is 4.69. The lowest BCUT2D eigenvalue weighted by Crippen LogP contribution is -2.50. The molecule has 1 aliphatic carbocycles. The number of nitrogens with zero attached hydrogens (tertiary/aromatic N) is 6. The van der Waals surface area contributed by atoms with Crippen LogP contribution in [0.3, 0.4) is 0 Å². The number of hydrogen-bond acceptors (Lipinski definition) is 6. The van der Waals surface area contributed by atoms with E-state index in [2.05, 4.69) is 24.7 Å². The second-order valence-electron chi connectivity index (χ2n) is 7.93. The molecular formula is C22H24N6O2. The number of aryl methyl sites for hydroxylation is 1. The van der Waals surface area contributed by atoms with Crippen molar-refractivity contribution in [3.05, 3.63) is 53.9 Å². The molecule has 8 nitrogen and oxygen atoms in total. The Morgan fingerprint density at radius 1 is 1.03 bits per heavy atom. The molecule has 0 radical (unpaired) electrons. The summed E-state index contributed by atoms with van der Waals surface area (Å²) >= 11 is 0. The van der Waals surface area contributed by atoms with Crippen LogP contribution >= 0.6 is 0 Å². The molecule has 30 heavy (non-hydrogen) atoms. The molecule has 154 valence electrons. The summed E-state index contributed by atoms with van der Waals surface area (Å²) < 4.78 is 7.52. The molecule has 1 amide bonds. The van der Waals surface area contributed by atoms with E-state index in [1.54, 1.807) is 19.5 Å². The predicted octanol–water partition coefficient (Wildman–Crippen LogP) is 3.19. The van der Waals surface area contributed by atoms with Crippen LogP contribution in [0.2, 0.25) is 0 Å². The van der Waals surface area contributed by atoms with Gasteiger partial charge in [0.25, 0.3) is 5.91 Å². The monoisotopic (exact) mass is 404 g/mol. The van der Waals surface area contributed by atoms with Crippen molar-refractivity contribution in [2.75, 3.05) is 7.11 Å². The molecule has 0 bridgehead atoms. The molecule has 0 N–H and O–H groups in total. The zero-order valence-electron chi connectivity index (χ0n) is 17.2. The van der Waals surface area contributed by atoms with Crippen molar-refractivity contribution in [3.8, 4) is 17.1 Å². The molecule has 1 aliphatic heterocycles. The summed E-state index contributed by atoms with van der Waals surface area (Å²) in [7, 11) is 1.66. The highest BCUT2D eigenvalue weighted by molar-refractivity contribution is 5.92. The molecule has 5 rings (SSSR count). The highest BCUT2D eigenvalue weighted by Crippen LogP contribution is 2.40. The quantitative estimate of drug-likeness (QED) is 0.666. The number of fused-ring (bicyclic) bond motifs is 3. The van der Waals surface area contributed by atoms with Crippen LogP contribution in [0.15, 0.2) is 36.7 Å². The first-order chi connectivity index (χ1) is 14.7. The number of amides is 1. The van der Waals surface area contributed by atoms with Gasteiger partial charge in [-0.1, -0.05) is 12.8 Å². The number of hydrogen-bond donors (Lipinski definition) is 0. The maximum Gasteiger partial charge on any atom is 0.274 e. The summed E-state index contributed by atoms with van der Waals surface area (Å²) in [4.78, 5) is 23.8. The van der Waals surface area contributed by atoms with E-state index in [-0.39, 0.29) is 18.0 Å². The molecule has 1 aromatic carbocycles. The van der Waals surface area contributed by atoms with E-state index in [1.807, 2.05) is 36.1 Å². The third kappa shape index (κ3) is 3.12. The lowest BCUT2D eigenvalue weighted by Gasteiger charge is -2.44. The Labute approximate surface area is 174 Å². The van der Waals surface area contributed by atoms with E-state index < -0.39 is 0 Å². The summed E-state index contributed by atoms with van der Waals surface area (Å²) in [6.07, 6.45) is 7.42. The van der Waals surface area contributed by atoms with Crippen LogP contribution in [0, 0.1) is 6.92 Å². The topological polar surface area (TPSA) is 86.0 Å². The number of rotatable bonds is 3. The molecule has 0 spiro atoms. The minimum atomic E-state index is -0.0837. The van der Waals surface area contributed by atoms with Crippen molar-refractivity contribution in [1.29, 1.82) is 0 Å². The molecule has 0 unspecified atom stereocenters. The van der Waals surface area contributed by atoms with Crippen molar-refractivity contribution in [1.82, 2.24) is 29.6 Å².